The third kappa shape index (κ3) is 7.08. The summed E-state index contributed by atoms with van der Waals surface area (Å²) in [5.74, 6) is 0. The molecule has 0 radical (unpaired) electrons. The molecule has 0 aliphatic rings. The van der Waals surface area contributed by atoms with E-state index in [2.05, 4.69) is 18.8 Å². The standard InChI is InChI=1S/C9H14N2O.C5H12/c1-9(2,12)8-5-3-4-7(6-10)11-8;1-3-5-4-2/h3-5,12H,6,10H2,1-2H3;3-5H2,1-2H3. The normalized spacial score (nSPS) is 10.7. The fourth-order valence-corrected chi connectivity index (χ4v) is 1.29. The maximum atomic E-state index is 9.61. The predicted octanol–water partition coefficient (Wildman–Crippen LogP) is 2.96. The van der Waals surface area contributed by atoms with Crippen molar-refractivity contribution in [2.75, 3.05) is 0 Å². The van der Waals surface area contributed by atoms with Crippen molar-refractivity contribution in [1.29, 1.82) is 0 Å². The lowest BCUT2D eigenvalue weighted by Gasteiger charge is -2.16. The van der Waals surface area contributed by atoms with Gasteiger partial charge in [-0.2, -0.15) is 0 Å². The maximum Gasteiger partial charge on any atom is 0.101 e. The van der Waals surface area contributed by atoms with Gasteiger partial charge in [-0.05, 0) is 26.0 Å². The first-order chi connectivity index (χ1) is 7.95. The van der Waals surface area contributed by atoms with E-state index in [-0.39, 0.29) is 0 Å². The third-order valence-corrected chi connectivity index (χ3v) is 2.35. The van der Waals surface area contributed by atoms with Crippen molar-refractivity contribution in [3.05, 3.63) is 29.6 Å². The molecular formula is C14H26N2O. The van der Waals surface area contributed by atoms with Gasteiger partial charge in [0.15, 0.2) is 0 Å². The summed E-state index contributed by atoms with van der Waals surface area (Å²) in [5, 5.41) is 9.61. The van der Waals surface area contributed by atoms with E-state index in [1.54, 1.807) is 19.9 Å². The third-order valence-electron chi connectivity index (χ3n) is 2.35. The Morgan fingerprint density at radius 3 is 2.18 bits per heavy atom. The van der Waals surface area contributed by atoms with Crippen LogP contribution in [0.1, 0.15) is 58.3 Å². The number of hydrogen-bond donors (Lipinski definition) is 2. The van der Waals surface area contributed by atoms with Gasteiger partial charge in [-0.25, -0.2) is 0 Å². The zero-order valence-corrected chi connectivity index (χ0v) is 11.5. The molecule has 0 saturated carbocycles. The topological polar surface area (TPSA) is 59.1 Å². The highest BCUT2D eigenvalue weighted by Gasteiger charge is 2.17. The lowest BCUT2D eigenvalue weighted by molar-refractivity contribution is 0.0736. The predicted molar refractivity (Wildman–Crippen MR) is 72.6 cm³/mol. The first-order valence-electron chi connectivity index (χ1n) is 6.34. The summed E-state index contributed by atoms with van der Waals surface area (Å²) >= 11 is 0. The highest BCUT2D eigenvalue weighted by atomic mass is 16.3. The summed E-state index contributed by atoms with van der Waals surface area (Å²) in [4.78, 5) is 4.19. The van der Waals surface area contributed by atoms with Crippen LogP contribution in [0, 0.1) is 0 Å². The van der Waals surface area contributed by atoms with Crippen LogP contribution in [0.5, 0.6) is 0 Å². The molecule has 0 atom stereocenters. The highest BCUT2D eigenvalue weighted by molar-refractivity contribution is 5.15. The first kappa shape index (κ1) is 16.1. The minimum Gasteiger partial charge on any atom is -0.384 e. The average Bonchev–Trinajstić information content (AvgIpc) is 2.30. The van der Waals surface area contributed by atoms with Gasteiger partial charge >= 0.3 is 0 Å². The Morgan fingerprint density at radius 2 is 1.82 bits per heavy atom. The number of aliphatic hydroxyl groups is 1. The molecule has 0 fully saturated rings. The van der Waals surface area contributed by atoms with Crippen molar-refractivity contribution in [1.82, 2.24) is 4.98 Å². The zero-order chi connectivity index (χ0) is 13.3. The molecule has 3 N–H and O–H groups in total. The number of aromatic nitrogens is 1. The second-order valence-electron chi connectivity index (χ2n) is 4.63. The van der Waals surface area contributed by atoms with Gasteiger partial charge in [0.05, 0.1) is 11.4 Å². The van der Waals surface area contributed by atoms with E-state index in [1.807, 2.05) is 12.1 Å². The molecule has 0 unspecified atom stereocenters. The zero-order valence-electron chi connectivity index (χ0n) is 11.5. The van der Waals surface area contributed by atoms with Crippen molar-refractivity contribution in [2.45, 2.75) is 59.1 Å². The van der Waals surface area contributed by atoms with Crippen LogP contribution in [-0.2, 0) is 12.1 Å². The van der Waals surface area contributed by atoms with Gasteiger partial charge in [0.1, 0.15) is 5.60 Å². The second-order valence-corrected chi connectivity index (χ2v) is 4.63. The summed E-state index contributed by atoms with van der Waals surface area (Å²) in [6.07, 6.45) is 4.08. The number of nitrogens with two attached hydrogens (primary N) is 1. The van der Waals surface area contributed by atoms with Crippen molar-refractivity contribution in [2.24, 2.45) is 5.73 Å². The SMILES string of the molecule is CC(C)(O)c1cccc(CN)n1.CCCCC. The lowest BCUT2D eigenvalue weighted by atomic mass is 10.0. The molecule has 3 nitrogen and oxygen atoms in total. The first-order valence-corrected chi connectivity index (χ1v) is 6.34. The van der Waals surface area contributed by atoms with E-state index in [0.717, 1.165) is 5.69 Å². The van der Waals surface area contributed by atoms with E-state index in [1.165, 1.54) is 19.3 Å². The Balaban J connectivity index is 0.000000437. The fourth-order valence-electron chi connectivity index (χ4n) is 1.29. The second kappa shape index (κ2) is 8.20. The molecule has 0 saturated heterocycles. The van der Waals surface area contributed by atoms with Gasteiger partial charge in [-0.15, -0.1) is 0 Å². The molecule has 17 heavy (non-hydrogen) atoms. The van der Waals surface area contributed by atoms with Crippen molar-refractivity contribution >= 4 is 0 Å². The van der Waals surface area contributed by atoms with Crippen LogP contribution in [0.2, 0.25) is 0 Å². The summed E-state index contributed by atoms with van der Waals surface area (Å²) in [6.45, 7) is 8.24. The number of nitrogens with zero attached hydrogens (tertiary/aromatic N) is 1. The van der Waals surface area contributed by atoms with E-state index in [9.17, 15) is 5.11 Å². The molecule has 0 bridgehead atoms. The van der Waals surface area contributed by atoms with Crippen molar-refractivity contribution in [3.8, 4) is 0 Å². The minimum atomic E-state index is -0.884. The number of pyridine rings is 1. The Bertz CT molecular complexity index is 303. The molecule has 0 spiro atoms. The smallest absolute Gasteiger partial charge is 0.101 e. The Labute approximate surface area is 105 Å². The Kier molecular flexibility index (Phi) is 7.75. The van der Waals surface area contributed by atoms with Crippen LogP contribution in [0.4, 0.5) is 0 Å². The van der Waals surface area contributed by atoms with Gasteiger partial charge in [0.2, 0.25) is 0 Å². The van der Waals surface area contributed by atoms with Crippen LogP contribution >= 0.6 is 0 Å². The molecule has 1 rings (SSSR count). The van der Waals surface area contributed by atoms with Crippen LogP contribution in [0.25, 0.3) is 0 Å². The van der Waals surface area contributed by atoms with Crippen LogP contribution in [-0.4, -0.2) is 10.1 Å². The van der Waals surface area contributed by atoms with Crippen LogP contribution in [0.15, 0.2) is 18.2 Å². The monoisotopic (exact) mass is 238 g/mol. The summed E-state index contributed by atoms with van der Waals surface area (Å²) in [6, 6.07) is 5.48. The molecule has 0 aromatic carbocycles. The largest absolute Gasteiger partial charge is 0.384 e. The number of hydrogen-bond acceptors (Lipinski definition) is 3. The Morgan fingerprint density at radius 1 is 1.24 bits per heavy atom. The van der Waals surface area contributed by atoms with E-state index in [0.29, 0.717) is 12.2 Å². The lowest BCUT2D eigenvalue weighted by Crippen LogP contribution is -2.18. The van der Waals surface area contributed by atoms with Gasteiger partial charge in [-0.1, -0.05) is 39.2 Å². The van der Waals surface area contributed by atoms with E-state index >= 15 is 0 Å². The summed E-state index contributed by atoms with van der Waals surface area (Å²) in [7, 11) is 0. The molecule has 98 valence electrons. The van der Waals surface area contributed by atoms with Gasteiger partial charge in [0.25, 0.3) is 0 Å². The molecule has 0 aliphatic heterocycles. The van der Waals surface area contributed by atoms with Crippen LogP contribution < -0.4 is 5.73 Å². The molecule has 0 amide bonds. The highest BCUT2D eigenvalue weighted by Crippen LogP contribution is 2.16. The minimum absolute atomic E-state index is 0.407. The van der Waals surface area contributed by atoms with Crippen molar-refractivity contribution < 1.29 is 5.11 Å². The average molecular weight is 238 g/mol. The van der Waals surface area contributed by atoms with Gasteiger partial charge < -0.3 is 10.8 Å². The van der Waals surface area contributed by atoms with Crippen molar-refractivity contribution in [3.63, 3.8) is 0 Å². The summed E-state index contributed by atoms with van der Waals surface area (Å²) in [5.41, 5.74) is 5.99. The molecule has 1 aromatic rings. The molecule has 3 heteroatoms. The number of rotatable bonds is 4. The summed E-state index contributed by atoms with van der Waals surface area (Å²) < 4.78 is 0. The maximum absolute atomic E-state index is 9.61. The quantitative estimate of drug-likeness (QED) is 0.847. The molecular weight excluding hydrogens is 212 g/mol. The molecule has 0 aliphatic carbocycles. The van der Waals surface area contributed by atoms with E-state index < -0.39 is 5.60 Å². The number of unbranched alkanes of at least 4 members (excludes halogenated alkanes) is 2. The molecule has 1 aromatic heterocycles. The molecule has 1 heterocycles. The van der Waals surface area contributed by atoms with Gasteiger partial charge in [-0.3, -0.25) is 4.98 Å². The Hall–Kier alpha value is -0.930. The van der Waals surface area contributed by atoms with Gasteiger partial charge in [0, 0.05) is 6.54 Å². The van der Waals surface area contributed by atoms with Crippen LogP contribution in [0.3, 0.4) is 0 Å². The van der Waals surface area contributed by atoms with E-state index in [4.69, 9.17) is 5.73 Å². The fraction of sp³-hybridized carbons (Fsp3) is 0.643.